The van der Waals surface area contributed by atoms with Gasteiger partial charge in [0.15, 0.2) is 0 Å². The van der Waals surface area contributed by atoms with Crippen LogP contribution in [0.1, 0.15) is 142 Å². The van der Waals surface area contributed by atoms with Gasteiger partial charge in [-0.15, -0.1) is 0 Å². The summed E-state index contributed by atoms with van der Waals surface area (Å²) in [4.78, 5) is 10.0. The fourth-order valence-electron chi connectivity index (χ4n) is 4.53. The summed E-state index contributed by atoms with van der Waals surface area (Å²) in [5.74, 6) is 0. The van der Waals surface area contributed by atoms with Crippen molar-refractivity contribution in [3.8, 4) is 0 Å². The number of quaternary nitrogens is 1. The van der Waals surface area contributed by atoms with E-state index in [9.17, 15) is 9.46 Å². The van der Waals surface area contributed by atoms with E-state index >= 15 is 0 Å². The van der Waals surface area contributed by atoms with Gasteiger partial charge in [-0.3, -0.25) is 9.05 Å². The highest BCUT2D eigenvalue weighted by Gasteiger charge is 2.25. The summed E-state index contributed by atoms with van der Waals surface area (Å²) in [6.07, 6.45) is 25.7. The molecule has 0 saturated carbocycles. The van der Waals surface area contributed by atoms with Gasteiger partial charge in [0.2, 0.25) is 0 Å². The molecule has 0 fully saturated rings. The van der Waals surface area contributed by atoms with E-state index in [4.69, 9.17) is 18.5 Å². The molecule has 0 aromatic rings. The monoisotopic (exact) mass is 594 g/mol. The predicted molar refractivity (Wildman–Crippen MR) is 169 cm³/mol. The Morgan fingerprint density at radius 2 is 1.00 bits per heavy atom. The molecule has 0 amide bonds. The second-order valence-corrected chi connectivity index (χ2v) is 14.0. The quantitative estimate of drug-likeness (QED) is 0.0476. The fraction of sp³-hybridized carbons (Fsp3) is 1.00. The minimum Gasteiger partial charge on any atom is -0.379 e. The van der Waals surface area contributed by atoms with Gasteiger partial charge >= 0.3 is 7.82 Å². The van der Waals surface area contributed by atoms with E-state index < -0.39 is 7.82 Å². The minimum atomic E-state index is -4.11. The molecule has 7 nitrogen and oxygen atoms in total. The van der Waals surface area contributed by atoms with Gasteiger partial charge in [-0.1, -0.05) is 129 Å². The van der Waals surface area contributed by atoms with Crippen molar-refractivity contribution in [2.24, 2.45) is 0 Å². The van der Waals surface area contributed by atoms with E-state index in [2.05, 4.69) is 13.8 Å². The second-order valence-electron chi connectivity index (χ2n) is 12.5. The zero-order valence-corrected chi connectivity index (χ0v) is 28.2. The Balaban J connectivity index is 3.88. The maximum atomic E-state index is 12.3. The molecule has 1 N–H and O–H groups in total. The molecule has 0 spiro atoms. The molecule has 0 aliphatic carbocycles. The standard InChI is InChI=1S/C32H68NO6P/c1-6-8-10-12-13-14-15-16-17-18-19-20-21-22-23-24-27-36-30-32(37-28-25-11-9-7-2)31-39-40(34,35)38-29-26-33(3,4)5/h32H,6-31H2,1-5H3/p+1. The Labute approximate surface area is 249 Å². The van der Waals surface area contributed by atoms with Crippen molar-refractivity contribution in [3.63, 3.8) is 0 Å². The van der Waals surface area contributed by atoms with E-state index in [-0.39, 0.29) is 19.3 Å². The number of hydrogen-bond acceptors (Lipinski definition) is 5. The predicted octanol–water partition coefficient (Wildman–Crippen LogP) is 9.07. The average molecular weight is 595 g/mol. The highest BCUT2D eigenvalue weighted by molar-refractivity contribution is 7.47. The summed E-state index contributed by atoms with van der Waals surface area (Å²) >= 11 is 0. The van der Waals surface area contributed by atoms with Gasteiger partial charge in [0, 0.05) is 13.2 Å². The van der Waals surface area contributed by atoms with Gasteiger partial charge in [-0.2, -0.15) is 0 Å². The number of likely N-dealkylation sites (N-methyl/N-ethyl adjacent to an activating group) is 1. The van der Waals surface area contributed by atoms with Crippen LogP contribution in [0.5, 0.6) is 0 Å². The maximum absolute atomic E-state index is 12.3. The lowest BCUT2D eigenvalue weighted by molar-refractivity contribution is -0.870. The molecule has 0 saturated heterocycles. The Bertz CT molecular complexity index is 572. The first-order valence-electron chi connectivity index (χ1n) is 16.8. The van der Waals surface area contributed by atoms with E-state index in [0.29, 0.717) is 30.8 Å². The summed E-state index contributed by atoms with van der Waals surface area (Å²) in [6.45, 7) is 6.89. The van der Waals surface area contributed by atoms with Crippen LogP contribution in [-0.4, -0.2) is 76.2 Å². The van der Waals surface area contributed by atoms with Crippen molar-refractivity contribution in [1.82, 2.24) is 0 Å². The number of phosphoric acid groups is 1. The van der Waals surface area contributed by atoms with E-state index in [1.165, 1.54) is 109 Å². The number of phosphoric ester groups is 1. The normalized spacial score (nSPS) is 14.4. The number of ether oxygens (including phenoxy) is 2. The molecular formula is C32H69NO6P+. The molecule has 0 aliphatic rings. The van der Waals surface area contributed by atoms with Crippen LogP contribution < -0.4 is 0 Å². The smallest absolute Gasteiger partial charge is 0.379 e. The van der Waals surface area contributed by atoms with Crippen LogP contribution in [-0.2, 0) is 23.1 Å². The number of hydrogen-bond donors (Lipinski definition) is 1. The van der Waals surface area contributed by atoms with Crippen molar-refractivity contribution in [2.45, 2.75) is 148 Å². The third-order valence-corrected chi connectivity index (χ3v) is 8.22. The van der Waals surface area contributed by atoms with Crippen LogP contribution in [0.3, 0.4) is 0 Å². The summed E-state index contributed by atoms with van der Waals surface area (Å²) in [5, 5.41) is 0. The molecule has 0 aromatic heterocycles. The van der Waals surface area contributed by atoms with Crippen molar-refractivity contribution >= 4 is 7.82 Å². The molecule has 8 heteroatoms. The highest BCUT2D eigenvalue weighted by Crippen LogP contribution is 2.43. The number of nitrogens with zero attached hydrogens (tertiary/aromatic N) is 1. The average Bonchev–Trinajstić information content (AvgIpc) is 2.89. The topological polar surface area (TPSA) is 74.2 Å². The Kier molecular flexibility index (Phi) is 27.8. The zero-order chi connectivity index (χ0) is 29.8. The molecule has 0 aliphatic heterocycles. The Morgan fingerprint density at radius 1 is 0.575 bits per heavy atom. The summed E-state index contributed by atoms with van der Waals surface area (Å²) in [7, 11) is 1.91. The van der Waals surface area contributed by atoms with Crippen molar-refractivity contribution in [2.75, 3.05) is 60.7 Å². The van der Waals surface area contributed by atoms with Gasteiger partial charge in [0.1, 0.15) is 19.3 Å². The first-order valence-corrected chi connectivity index (χ1v) is 18.3. The molecule has 242 valence electrons. The molecule has 0 radical (unpaired) electrons. The van der Waals surface area contributed by atoms with Gasteiger partial charge in [0.05, 0.1) is 34.4 Å². The van der Waals surface area contributed by atoms with E-state index in [1.54, 1.807) is 0 Å². The van der Waals surface area contributed by atoms with Crippen LogP contribution in [0, 0.1) is 0 Å². The van der Waals surface area contributed by atoms with Gasteiger partial charge in [-0.05, 0) is 12.8 Å². The summed E-state index contributed by atoms with van der Waals surface area (Å²) in [5.41, 5.74) is 0. The molecule has 0 heterocycles. The largest absolute Gasteiger partial charge is 0.472 e. The van der Waals surface area contributed by atoms with Gasteiger partial charge < -0.3 is 18.9 Å². The van der Waals surface area contributed by atoms with Crippen molar-refractivity contribution in [3.05, 3.63) is 0 Å². The number of unbranched alkanes of at least 4 members (excludes halogenated alkanes) is 18. The van der Waals surface area contributed by atoms with Gasteiger partial charge in [-0.25, -0.2) is 4.57 Å². The molecule has 2 atom stereocenters. The van der Waals surface area contributed by atoms with Crippen LogP contribution in [0.15, 0.2) is 0 Å². The summed E-state index contributed by atoms with van der Waals surface area (Å²) in [6, 6.07) is 0. The Hall–Kier alpha value is -0.0100. The lowest BCUT2D eigenvalue weighted by atomic mass is 10.0. The van der Waals surface area contributed by atoms with Crippen LogP contribution in [0.2, 0.25) is 0 Å². The summed E-state index contributed by atoms with van der Waals surface area (Å²) < 4.78 is 35.1. The van der Waals surface area contributed by atoms with E-state index in [0.717, 1.165) is 19.3 Å². The molecule has 0 rings (SSSR count). The fourth-order valence-corrected chi connectivity index (χ4v) is 5.28. The van der Waals surface area contributed by atoms with Crippen molar-refractivity contribution in [1.29, 1.82) is 0 Å². The minimum absolute atomic E-state index is 0.00904. The maximum Gasteiger partial charge on any atom is 0.472 e. The van der Waals surface area contributed by atoms with Gasteiger partial charge in [0.25, 0.3) is 0 Å². The lowest BCUT2D eigenvalue weighted by Gasteiger charge is -2.24. The first kappa shape index (κ1) is 40.0. The second kappa shape index (κ2) is 27.8. The van der Waals surface area contributed by atoms with E-state index in [1.807, 2.05) is 21.1 Å². The molecular weight excluding hydrogens is 525 g/mol. The van der Waals surface area contributed by atoms with Crippen LogP contribution in [0.25, 0.3) is 0 Å². The molecule has 2 unspecified atom stereocenters. The molecule has 0 bridgehead atoms. The molecule has 40 heavy (non-hydrogen) atoms. The third kappa shape index (κ3) is 30.9. The number of rotatable bonds is 32. The van der Waals surface area contributed by atoms with Crippen LogP contribution in [0.4, 0.5) is 0 Å². The zero-order valence-electron chi connectivity index (χ0n) is 27.3. The van der Waals surface area contributed by atoms with Crippen LogP contribution >= 0.6 is 7.82 Å². The lowest BCUT2D eigenvalue weighted by Crippen LogP contribution is -2.37. The third-order valence-electron chi connectivity index (χ3n) is 7.24. The van der Waals surface area contributed by atoms with Crippen molar-refractivity contribution < 1.29 is 32.5 Å². The molecule has 0 aromatic carbocycles. The SMILES string of the molecule is CCCCCCCCCCCCCCCCCCOCC(COP(=O)(O)OCC[N+](C)(C)C)OCCCCCC. The highest BCUT2D eigenvalue weighted by atomic mass is 31.2. The Morgan fingerprint density at radius 3 is 1.48 bits per heavy atom. The first-order chi connectivity index (χ1) is 19.2.